The van der Waals surface area contributed by atoms with E-state index in [1.165, 1.54) is 0 Å². The third kappa shape index (κ3) is 3.42. The first-order valence-corrected chi connectivity index (χ1v) is 12.7. The molecule has 26 heavy (non-hydrogen) atoms. The Morgan fingerprint density at radius 2 is 1.19 bits per heavy atom. The Labute approximate surface area is 163 Å². The van der Waals surface area contributed by atoms with Gasteiger partial charge in [0.05, 0.1) is 0 Å². The monoisotopic (exact) mass is 390 g/mol. The number of nitrogens with zero attached hydrogens (tertiary/aromatic N) is 1. The number of hydrogen-bond donors (Lipinski definition) is 1. The van der Waals surface area contributed by atoms with Crippen molar-refractivity contribution in [2.24, 2.45) is 5.10 Å². The Morgan fingerprint density at radius 1 is 0.769 bits per heavy atom. The van der Waals surface area contributed by atoms with Crippen LogP contribution in [0.3, 0.4) is 0 Å². The summed E-state index contributed by atoms with van der Waals surface area (Å²) in [5.41, 5.74) is 7.34. The van der Waals surface area contributed by atoms with Crippen LogP contribution in [0, 0.1) is 0 Å². The maximum absolute atomic E-state index is 7.83. The van der Waals surface area contributed by atoms with Crippen LogP contribution in [-0.4, -0.2) is 22.4 Å². The quantitative estimate of drug-likeness (QED) is 0.297. The van der Waals surface area contributed by atoms with Crippen LogP contribution in [0.15, 0.2) is 65.8 Å². The molecular formula is C22H32ClN2P. The van der Waals surface area contributed by atoms with Gasteiger partial charge in [0.25, 0.3) is 0 Å². The molecule has 0 spiro atoms. The van der Waals surface area contributed by atoms with Gasteiger partial charge in [-0.15, -0.1) is 0 Å². The van der Waals surface area contributed by atoms with Crippen molar-refractivity contribution >= 4 is 28.3 Å². The van der Waals surface area contributed by atoms with Crippen molar-refractivity contribution in [1.29, 1.82) is 0 Å². The number of anilines is 1. The molecule has 0 fully saturated rings. The molecule has 0 aliphatic rings. The zero-order chi connectivity index (χ0) is 19.4. The van der Waals surface area contributed by atoms with E-state index >= 15 is 0 Å². The summed E-state index contributed by atoms with van der Waals surface area (Å²) in [6.45, 7) is 13.5. The van der Waals surface area contributed by atoms with Gasteiger partial charge in [-0.05, 0) is 0 Å². The van der Waals surface area contributed by atoms with E-state index in [-0.39, 0.29) is 0 Å². The van der Waals surface area contributed by atoms with Crippen LogP contribution in [0.4, 0.5) is 5.69 Å². The van der Waals surface area contributed by atoms with Gasteiger partial charge in [0.15, 0.2) is 0 Å². The first-order valence-electron chi connectivity index (χ1n) is 9.40. The first-order chi connectivity index (χ1) is 12.2. The molecule has 2 rings (SSSR count). The van der Waals surface area contributed by atoms with Gasteiger partial charge in [0.2, 0.25) is 0 Å². The fraction of sp³-hybridized carbons (Fsp3) is 0.409. The molecule has 0 aromatic heterocycles. The van der Waals surface area contributed by atoms with Crippen molar-refractivity contribution in [2.45, 2.75) is 58.5 Å². The maximum atomic E-state index is 7.83. The molecule has 0 amide bonds. The van der Waals surface area contributed by atoms with Crippen LogP contribution >= 0.6 is 17.2 Å². The van der Waals surface area contributed by atoms with Crippen LogP contribution in [0.5, 0.6) is 0 Å². The molecule has 0 radical (unpaired) electrons. The molecule has 2 aromatic carbocycles. The van der Waals surface area contributed by atoms with E-state index in [4.69, 9.17) is 16.3 Å². The van der Waals surface area contributed by atoms with Gasteiger partial charge in [-0.1, -0.05) is 0 Å². The molecule has 2 aromatic rings. The van der Waals surface area contributed by atoms with Gasteiger partial charge >= 0.3 is 164 Å². The normalized spacial score (nSPS) is 14.5. The molecule has 0 aliphatic heterocycles. The molecule has 142 valence electrons. The second-order valence-corrected chi connectivity index (χ2v) is 16.0. The minimum absolute atomic E-state index is 0.319. The summed E-state index contributed by atoms with van der Waals surface area (Å²) < 4.78 is 0. The van der Waals surface area contributed by atoms with E-state index in [9.17, 15) is 0 Å². The topological polar surface area (TPSA) is 24.4 Å². The molecule has 0 unspecified atom stereocenters. The Hall–Kier alpha value is -1.37. The van der Waals surface area contributed by atoms with E-state index < -0.39 is 5.96 Å². The summed E-state index contributed by atoms with van der Waals surface area (Å²) in [4.78, 5) is 0. The van der Waals surface area contributed by atoms with Crippen molar-refractivity contribution in [1.82, 2.24) is 0 Å². The first kappa shape index (κ1) is 20.9. The van der Waals surface area contributed by atoms with E-state index in [0.29, 0.717) is 17.0 Å². The van der Waals surface area contributed by atoms with E-state index in [1.54, 1.807) is 0 Å². The SMILES string of the molecule is CC(C)P(Cl)(C(=NNc1ccccc1)c1ccccc1)(C(C)C)C(C)C. The third-order valence-corrected chi connectivity index (χ3v) is 17.2. The Bertz CT molecular complexity index is 715. The third-order valence-electron chi connectivity index (χ3n) is 5.69. The number of rotatable bonds is 7. The number of para-hydroxylation sites is 1. The van der Waals surface area contributed by atoms with Gasteiger partial charge in [0, 0.05) is 0 Å². The Balaban J connectivity index is 2.73. The van der Waals surface area contributed by atoms with Crippen molar-refractivity contribution in [2.75, 3.05) is 5.43 Å². The van der Waals surface area contributed by atoms with Gasteiger partial charge in [-0.3, -0.25) is 0 Å². The predicted octanol–water partition coefficient (Wildman–Crippen LogP) is 7.39. The van der Waals surface area contributed by atoms with Crippen molar-refractivity contribution in [3.8, 4) is 0 Å². The summed E-state index contributed by atoms with van der Waals surface area (Å²) in [5.74, 6) is -2.90. The molecular weight excluding hydrogens is 359 g/mol. The van der Waals surface area contributed by atoms with E-state index in [1.807, 2.05) is 36.4 Å². The molecule has 0 atom stereocenters. The molecule has 0 heterocycles. The summed E-state index contributed by atoms with van der Waals surface area (Å²) in [5, 5.41) is 4.96. The van der Waals surface area contributed by atoms with Crippen LogP contribution in [0.2, 0.25) is 0 Å². The molecule has 0 saturated carbocycles. The Kier molecular flexibility index (Phi) is 6.53. The average molecular weight is 391 g/mol. The molecule has 4 heteroatoms. The van der Waals surface area contributed by atoms with E-state index in [2.05, 4.69) is 71.2 Å². The van der Waals surface area contributed by atoms with Gasteiger partial charge in [-0.2, -0.15) is 0 Å². The Morgan fingerprint density at radius 3 is 1.62 bits per heavy atom. The van der Waals surface area contributed by atoms with Crippen LogP contribution in [0.1, 0.15) is 47.1 Å². The predicted molar refractivity (Wildman–Crippen MR) is 121 cm³/mol. The molecule has 0 saturated heterocycles. The van der Waals surface area contributed by atoms with Crippen LogP contribution < -0.4 is 5.43 Å². The summed E-state index contributed by atoms with van der Waals surface area (Å²) in [6, 6.07) is 20.5. The fourth-order valence-electron chi connectivity index (χ4n) is 4.18. The summed E-state index contributed by atoms with van der Waals surface area (Å²) >= 11 is 7.83. The minimum atomic E-state index is -2.90. The number of hydrazone groups is 1. The van der Waals surface area contributed by atoms with Crippen molar-refractivity contribution < 1.29 is 0 Å². The second-order valence-electron chi connectivity index (χ2n) is 7.77. The standard InChI is InChI=1S/C22H32ClN2P/c1-17(2)26(23,18(3)4,19(5)6)22(20-13-9-7-10-14-20)25-24-21-15-11-8-12-16-21/h7-19,24H,1-6H3. The molecule has 2 nitrogen and oxygen atoms in total. The van der Waals surface area contributed by atoms with E-state index in [0.717, 1.165) is 16.7 Å². The molecule has 1 N–H and O–H groups in total. The molecule has 0 bridgehead atoms. The van der Waals surface area contributed by atoms with Gasteiger partial charge < -0.3 is 0 Å². The summed E-state index contributed by atoms with van der Waals surface area (Å²) in [7, 11) is 0. The van der Waals surface area contributed by atoms with Crippen LogP contribution in [-0.2, 0) is 0 Å². The number of halogens is 1. The fourth-order valence-corrected chi connectivity index (χ4v) is 10.6. The zero-order valence-electron chi connectivity index (χ0n) is 16.8. The number of hydrogen-bond acceptors (Lipinski definition) is 2. The average Bonchev–Trinajstić information content (AvgIpc) is 2.62. The summed E-state index contributed by atoms with van der Waals surface area (Å²) in [6.07, 6.45) is 0. The zero-order valence-corrected chi connectivity index (χ0v) is 18.4. The van der Waals surface area contributed by atoms with Gasteiger partial charge in [0.1, 0.15) is 0 Å². The van der Waals surface area contributed by atoms with Crippen molar-refractivity contribution in [3.05, 3.63) is 66.2 Å². The number of benzene rings is 2. The van der Waals surface area contributed by atoms with Crippen LogP contribution in [0.25, 0.3) is 0 Å². The molecule has 0 aliphatic carbocycles. The van der Waals surface area contributed by atoms with Crippen molar-refractivity contribution in [3.63, 3.8) is 0 Å². The second kappa shape index (κ2) is 8.11. The van der Waals surface area contributed by atoms with Gasteiger partial charge in [-0.25, -0.2) is 0 Å². The number of nitrogens with one attached hydrogen (secondary N) is 1.